The zero-order valence-electron chi connectivity index (χ0n) is 11.5. The van der Waals surface area contributed by atoms with E-state index in [0.717, 1.165) is 25.3 Å². The summed E-state index contributed by atoms with van der Waals surface area (Å²) < 4.78 is 0. The van der Waals surface area contributed by atoms with Crippen LogP contribution < -0.4 is 5.32 Å². The molecule has 1 aromatic carbocycles. The monoisotopic (exact) mass is 312 g/mol. The van der Waals surface area contributed by atoms with Crippen molar-refractivity contribution in [2.24, 2.45) is 0 Å². The smallest absolute Gasteiger partial charge is 0.288 e. The lowest BCUT2D eigenvalue weighted by molar-refractivity contribution is -0.384. The van der Waals surface area contributed by atoms with Gasteiger partial charge in [-0.1, -0.05) is 30.9 Å². The van der Waals surface area contributed by atoms with Gasteiger partial charge in [0.15, 0.2) is 0 Å². The number of nitro benzene ring substituents is 1. The van der Waals surface area contributed by atoms with E-state index in [2.05, 4.69) is 5.32 Å². The molecule has 2 rings (SSSR count). The second-order valence-electron chi connectivity index (χ2n) is 5.38. The molecule has 0 aromatic heterocycles. The first-order valence-corrected chi connectivity index (χ1v) is 7.22. The molecule has 0 heterocycles. The molecule has 1 saturated carbocycles. The molecule has 0 atom stereocenters. The van der Waals surface area contributed by atoms with Crippen LogP contribution in [0.25, 0.3) is 0 Å². The fraction of sp³-hybridized carbons (Fsp3) is 0.500. The molecule has 7 heteroatoms. The summed E-state index contributed by atoms with van der Waals surface area (Å²) in [5.74, 6) is -0.425. The molecule has 0 bridgehead atoms. The molecule has 21 heavy (non-hydrogen) atoms. The van der Waals surface area contributed by atoms with Crippen LogP contribution in [0.1, 0.15) is 42.5 Å². The number of aliphatic hydroxyl groups is 1. The van der Waals surface area contributed by atoms with Gasteiger partial charge in [0.25, 0.3) is 11.6 Å². The summed E-state index contributed by atoms with van der Waals surface area (Å²) in [4.78, 5) is 22.5. The Hall–Kier alpha value is -1.66. The minimum absolute atomic E-state index is 0.00825. The maximum atomic E-state index is 12.3. The number of nitrogens with one attached hydrogen (secondary N) is 1. The van der Waals surface area contributed by atoms with E-state index in [0.29, 0.717) is 12.8 Å². The third-order valence-electron chi connectivity index (χ3n) is 3.90. The van der Waals surface area contributed by atoms with Crippen molar-refractivity contribution in [3.8, 4) is 0 Å². The van der Waals surface area contributed by atoms with Gasteiger partial charge in [-0.3, -0.25) is 14.9 Å². The quantitative estimate of drug-likeness (QED) is 0.660. The molecule has 1 aliphatic carbocycles. The van der Waals surface area contributed by atoms with E-state index in [4.69, 9.17) is 11.6 Å². The van der Waals surface area contributed by atoms with Gasteiger partial charge in [0.05, 0.1) is 17.1 Å². The maximum Gasteiger partial charge on any atom is 0.288 e. The molecule has 1 aliphatic rings. The zero-order valence-corrected chi connectivity index (χ0v) is 12.2. The predicted octanol–water partition coefficient (Wildman–Crippen LogP) is 2.67. The Bertz CT molecular complexity index is 556. The molecular formula is C14H17ClN2O4. The van der Waals surface area contributed by atoms with Gasteiger partial charge in [-0.15, -0.1) is 0 Å². The molecule has 0 radical (unpaired) electrons. The van der Waals surface area contributed by atoms with Gasteiger partial charge in [0.2, 0.25) is 0 Å². The van der Waals surface area contributed by atoms with Crippen molar-refractivity contribution in [1.82, 2.24) is 5.32 Å². The molecule has 114 valence electrons. The van der Waals surface area contributed by atoms with Crippen LogP contribution in [0.2, 0.25) is 5.02 Å². The Kier molecular flexibility index (Phi) is 4.80. The third kappa shape index (κ3) is 3.51. The molecule has 1 fully saturated rings. The number of carbonyl (C=O) groups excluding carboxylic acids is 1. The minimum atomic E-state index is -0.623. The van der Waals surface area contributed by atoms with Gasteiger partial charge >= 0.3 is 0 Å². The highest BCUT2D eigenvalue weighted by Crippen LogP contribution is 2.29. The molecule has 0 aliphatic heterocycles. The number of rotatable bonds is 4. The first-order chi connectivity index (χ1) is 9.97. The average molecular weight is 313 g/mol. The SMILES string of the molecule is O=C(NC1(CO)CCCCC1)c1ccc(Cl)c([N+](=O)[O-])c1. The van der Waals surface area contributed by atoms with Crippen molar-refractivity contribution in [1.29, 1.82) is 0 Å². The fourth-order valence-electron chi connectivity index (χ4n) is 2.66. The van der Waals surface area contributed by atoms with E-state index < -0.39 is 16.4 Å². The molecule has 1 aromatic rings. The van der Waals surface area contributed by atoms with Gasteiger partial charge in [-0.2, -0.15) is 0 Å². The first-order valence-electron chi connectivity index (χ1n) is 6.85. The topological polar surface area (TPSA) is 92.5 Å². The largest absolute Gasteiger partial charge is 0.394 e. The Labute approximate surface area is 127 Å². The van der Waals surface area contributed by atoms with Gasteiger partial charge in [0, 0.05) is 11.6 Å². The summed E-state index contributed by atoms with van der Waals surface area (Å²) in [6.07, 6.45) is 4.41. The number of amides is 1. The van der Waals surface area contributed by atoms with Crippen LogP contribution in [0.15, 0.2) is 18.2 Å². The second kappa shape index (κ2) is 6.41. The number of halogens is 1. The van der Waals surface area contributed by atoms with Gasteiger partial charge < -0.3 is 10.4 Å². The third-order valence-corrected chi connectivity index (χ3v) is 4.22. The number of nitrogens with zero attached hydrogens (tertiary/aromatic N) is 1. The van der Waals surface area contributed by atoms with E-state index in [1.165, 1.54) is 12.1 Å². The number of aliphatic hydroxyl groups excluding tert-OH is 1. The molecule has 6 nitrogen and oxygen atoms in total. The molecule has 1 amide bonds. The van der Waals surface area contributed by atoms with Crippen LogP contribution in [-0.4, -0.2) is 28.1 Å². The van der Waals surface area contributed by atoms with Crippen molar-refractivity contribution >= 4 is 23.2 Å². The molecule has 2 N–H and O–H groups in total. The van der Waals surface area contributed by atoms with E-state index >= 15 is 0 Å². The lowest BCUT2D eigenvalue weighted by Crippen LogP contribution is -2.52. The summed E-state index contributed by atoms with van der Waals surface area (Å²) in [5.41, 5.74) is -0.750. The highest BCUT2D eigenvalue weighted by atomic mass is 35.5. The highest BCUT2D eigenvalue weighted by molar-refractivity contribution is 6.32. The summed E-state index contributed by atoms with van der Waals surface area (Å²) in [5, 5.41) is 23.3. The maximum absolute atomic E-state index is 12.3. The normalized spacial score (nSPS) is 17.2. The Morgan fingerprint density at radius 3 is 2.62 bits per heavy atom. The van der Waals surface area contributed by atoms with E-state index in [-0.39, 0.29) is 22.9 Å². The molecular weight excluding hydrogens is 296 g/mol. The van der Waals surface area contributed by atoms with Crippen LogP contribution in [-0.2, 0) is 0 Å². The fourth-order valence-corrected chi connectivity index (χ4v) is 2.84. The van der Waals surface area contributed by atoms with Crippen LogP contribution in [0.5, 0.6) is 0 Å². The predicted molar refractivity (Wildman–Crippen MR) is 78.5 cm³/mol. The lowest BCUT2D eigenvalue weighted by Gasteiger charge is -2.36. The minimum Gasteiger partial charge on any atom is -0.394 e. The van der Waals surface area contributed by atoms with Crippen LogP contribution in [0.4, 0.5) is 5.69 Å². The van der Waals surface area contributed by atoms with Gasteiger partial charge in [-0.25, -0.2) is 0 Å². The molecule has 0 saturated heterocycles. The Morgan fingerprint density at radius 2 is 2.05 bits per heavy atom. The number of hydrogen-bond acceptors (Lipinski definition) is 4. The van der Waals surface area contributed by atoms with Gasteiger partial charge in [-0.05, 0) is 25.0 Å². The Balaban J connectivity index is 2.20. The lowest BCUT2D eigenvalue weighted by atomic mass is 9.82. The van der Waals surface area contributed by atoms with Crippen molar-refractivity contribution in [3.05, 3.63) is 38.9 Å². The number of hydrogen-bond donors (Lipinski definition) is 2. The standard InChI is InChI=1S/C14H17ClN2O4/c15-11-5-4-10(8-12(11)17(20)21)13(19)16-14(9-18)6-2-1-3-7-14/h4-5,8,18H,1-3,6-7,9H2,(H,16,19). The van der Waals surface area contributed by atoms with Crippen LogP contribution in [0, 0.1) is 10.1 Å². The average Bonchev–Trinajstić information content (AvgIpc) is 2.48. The summed E-state index contributed by atoms with van der Waals surface area (Å²) in [6, 6.07) is 3.94. The van der Waals surface area contributed by atoms with Crippen molar-refractivity contribution < 1.29 is 14.8 Å². The van der Waals surface area contributed by atoms with Crippen LogP contribution >= 0.6 is 11.6 Å². The number of benzene rings is 1. The number of carbonyl (C=O) groups is 1. The van der Waals surface area contributed by atoms with Crippen molar-refractivity contribution in [2.75, 3.05) is 6.61 Å². The van der Waals surface area contributed by atoms with Crippen molar-refractivity contribution in [3.63, 3.8) is 0 Å². The van der Waals surface area contributed by atoms with E-state index in [1.54, 1.807) is 0 Å². The second-order valence-corrected chi connectivity index (χ2v) is 5.78. The summed E-state index contributed by atoms with van der Waals surface area (Å²) in [6.45, 7) is -0.131. The van der Waals surface area contributed by atoms with Gasteiger partial charge in [0.1, 0.15) is 5.02 Å². The summed E-state index contributed by atoms with van der Waals surface area (Å²) >= 11 is 5.73. The van der Waals surface area contributed by atoms with Crippen molar-refractivity contribution in [2.45, 2.75) is 37.6 Å². The number of nitro groups is 1. The molecule has 0 unspecified atom stereocenters. The zero-order chi connectivity index (χ0) is 15.5. The first kappa shape index (κ1) is 15.7. The van der Waals surface area contributed by atoms with E-state index in [1.807, 2.05) is 0 Å². The van der Waals surface area contributed by atoms with Crippen LogP contribution in [0.3, 0.4) is 0 Å². The summed E-state index contributed by atoms with van der Waals surface area (Å²) in [7, 11) is 0. The highest BCUT2D eigenvalue weighted by Gasteiger charge is 2.33. The molecule has 0 spiro atoms. The van der Waals surface area contributed by atoms with E-state index in [9.17, 15) is 20.0 Å². The Morgan fingerprint density at radius 1 is 1.38 bits per heavy atom.